The van der Waals surface area contributed by atoms with Gasteiger partial charge in [-0.15, -0.1) is 0 Å². The Labute approximate surface area is 127 Å². The Kier molecular flexibility index (Phi) is 11.4. The number of hydrogen-bond donors (Lipinski definition) is 0. The van der Waals surface area contributed by atoms with Crippen molar-refractivity contribution in [3.8, 4) is 0 Å². The molecule has 0 aromatic heterocycles. The molecule has 0 heterocycles. The van der Waals surface area contributed by atoms with Gasteiger partial charge >= 0.3 is 14.4 Å². The largest absolute Gasteiger partial charge is 0.577 e. The summed E-state index contributed by atoms with van der Waals surface area (Å²) in [6.07, 6.45) is 4.25. The van der Waals surface area contributed by atoms with Gasteiger partial charge in [-0.05, 0) is 19.3 Å². The molecule has 0 N–H and O–H groups in total. The molecular formula is C14H29F3O3Si. The highest BCUT2D eigenvalue weighted by Crippen LogP contribution is 2.32. The van der Waals surface area contributed by atoms with Gasteiger partial charge in [-0.3, -0.25) is 0 Å². The number of hydrogen-bond acceptors (Lipinski definition) is 3. The Morgan fingerprint density at radius 1 is 0.762 bits per heavy atom. The fourth-order valence-corrected chi connectivity index (χ4v) is 3.86. The van der Waals surface area contributed by atoms with Gasteiger partial charge in [0, 0.05) is 19.8 Å². The van der Waals surface area contributed by atoms with Gasteiger partial charge in [-0.25, -0.2) is 4.39 Å². The molecule has 0 fully saturated rings. The molecule has 0 spiro atoms. The molecule has 0 aromatic rings. The van der Waals surface area contributed by atoms with Crippen LogP contribution in [0.4, 0.5) is 13.2 Å². The van der Waals surface area contributed by atoms with Crippen molar-refractivity contribution in [1.82, 2.24) is 0 Å². The van der Waals surface area contributed by atoms with Crippen molar-refractivity contribution in [2.75, 3.05) is 26.5 Å². The number of rotatable bonds is 14. The minimum Gasteiger partial charge on any atom is -0.370 e. The standard InChI is InChI=1S/C14H29F3O3Si/c1-4-7-10-18-21(14(16,17)13-15,19-11-8-5-2)20-12-9-6-3/h4-13H2,1-3H3. The molecule has 0 atom stereocenters. The minimum absolute atomic E-state index is 0.108. The molecule has 128 valence electrons. The van der Waals surface area contributed by atoms with Gasteiger partial charge in [0.05, 0.1) is 0 Å². The van der Waals surface area contributed by atoms with E-state index in [1.807, 2.05) is 20.8 Å². The zero-order valence-electron chi connectivity index (χ0n) is 13.4. The smallest absolute Gasteiger partial charge is 0.370 e. The quantitative estimate of drug-likeness (QED) is 0.346. The molecule has 0 aromatic carbocycles. The normalized spacial score (nSPS) is 12.9. The molecule has 0 aliphatic heterocycles. The van der Waals surface area contributed by atoms with Crippen LogP contribution in [0.1, 0.15) is 59.3 Å². The van der Waals surface area contributed by atoms with Crippen molar-refractivity contribution < 1.29 is 26.4 Å². The molecule has 0 saturated carbocycles. The van der Waals surface area contributed by atoms with Gasteiger partial charge in [0.15, 0.2) is 6.67 Å². The zero-order valence-corrected chi connectivity index (χ0v) is 14.4. The Bertz CT molecular complexity index is 229. The Morgan fingerprint density at radius 3 is 1.33 bits per heavy atom. The highest BCUT2D eigenvalue weighted by molar-refractivity contribution is 6.63. The molecule has 0 saturated heterocycles. The maximum absolute atomic E-state index is 14.1. The molecule has 3 nitrogen and oxygen atoms in total. The Balaban J connectivity index is 4.96. The fraction of sp³-hybridized carbons (Fsp3) is 1.00. The van der Waals surface area contributed by atoms with Gasteiger partial charge in [-0.1, -0.05) is 40.0 Å². The maximum atomic E-state index is 14.1. The molecule has 0 rings (SSSR count). The number of halogens is 3. The summed E-state index contributed by atoms with van der Waals surface area (Å²) in [5.41, 5.74) is -3.69. The van der Waals surface area contributed by atoms with E-state index in [-0.39, 0.29) is 19.8 Å². The van der Waals surface area contributed by atoms with E-state index >= 15 is 0 Å². The first-order chi connectivity index (χ1) is 9.99. The predicted molar refractivity (Wildman–Crippen MR) is 79.3 cm³/mol. The first-order valence-corrected chi connectivity index (χ1v) is 9.57. The van der Waals surface area contributed by atoms with Crippen LogP contribution in [-0.2, 0) is 13.3 Å². The molecule has 0 unspecified atom stereocenters. The first-order valence-electron chi connectivity index (χ1n) is 7.85. The van der Waals surface area contributed by atoms with E-state index in [2.05, 4.69) is 0 Å². The van der Waals surface area contributed by atoms with E-state index in [0.717, 1.165) is 19.3 Å². The van der Waals surface area contributed by atoms with Crippen molar-refractivity contribution in [1.29, 1.82) is 0 Å². The molecule has 0 amide bonds. The summed E-state index contributed by atoms with van der Waals surface area (Å²) >= 11 is 0. The van der Waals surface area contributed by atoms with Crippen LogP contribution in [-0.4, -0.2) is 40.8 Å². The van der Waals surface area contributed by atoms with Crippen LogP contribution in [0.25, 0.3) is 0 Å². The number of alkyl halides is 3. The van der Waals surface area contributed by atoms with Crippen LogP contribution in [0.5, 0.6) is 0 Å². The summed E-state index contributed by atoms with van der Waals surface area (Å²) in [5, 5.41) is 0. The second-order valence-electron chi connectivity index (χ2n) is 5.00. The summed E-state index contributed by atoms with van der Waals surface area (Å²) in [5.74, 6) is 0. The van der Waals surface area contributed by atoms with Gasteiger partial charge in [0.2, 0.25) is 0 Å². The molecule has 0 radical (unpaired) electrons. The van der Waals surface area contributed by atoms with Crippen molar-refractivity contribution in [3.63, 3.8) is 0 Å². The van der Waals surface area contributed by atoms with Gasteiger partial charge in [0.1, 0.15) is 0 Å². The average Bonchev–Trinajstić information content (AvgIpc) is 2.47. The predicted octanol–water partition coefficient (Wildman–Crippen LogP) is 4.52. The summed E-state index contributed by atoms with van der Waals surface area (Å²) in [7, 11) is -4.34. The topological polar surface area (TPSA) is 27.7 Å². The summed E-state index contributed by atoms with van der Waals surface area (Å²) in [4.78, 5) is 0. The lowest BCUT2D eigenvalue weighted by atomic mass is 10.4. The lowest BCUT2D eigenvalue weighted by molar-refractivity contribution is -0.0668. The van der Waals surface area contributed by atoms with Crippen LogP contribution in [0.2, 0.25) is 0 Å². The molecule has 0 bridgehead atoms. The van der Waals surface area contributed by atoms with Crippen molar-refractivity contribution >= 4 is 8.80 Å². The number of unbranched alkanes of at least 4 members (excludes halogenated alkanes) is 3. The minimum atomic E-state index is -4.34. The van der Waals surface area contributed by atoms with Crippen LogP contribution in [0, 0.1) is 0 Å². The molecule has 0 aliphatic carbocycles. The van der Waals surface area contributed by atoms with Crippen LogP contribution in [0.3, 0.4) is 0 Å². The third kappa shape index (κ3) is 7.12. The Morgan fingerprint density at radius 2 is 1.10 bits per heavy atom. The highest BCUT2D eigenvalue weighted by Gasteiger charge is 2.65. The van der Waals surface area contributed by atoms with E-state index in [4.69, 9.17) is 13.3 Å². The average molecular weight is 330 g/mol. The zero-order chi connectivity index (χ0) is 16.2. The van der Waals surface area contributed by atoms with Crippen LogP contribution >= 0.6 is 0 Å². The lowest BCUT2D eigenvalue weighted by Gasteiger charge is -2.34. The third-order valence-corrected chi connectivity index (χ3v) is 5.77. The van der Waals surface area contributed by atoms with E-state index in [1.54, 1.807) is 0 Å². The summed E-state index contributed by atoms with van der Waals surface area (Å²) in [6, 6.07) is 0. The van der Waals surface area contributed by atoms with Crippen molar-refractivity contribution in [2.45, 2.75) is 64.8 Å². The van der Waals surface area contributed by atoms with Crippen molar-refractivity contribution in [3.05, 3.63) is 0 Å². The van der Waals surface area contributed by atoms with E-state index in [9.17, 15) is 13.2 Å². The molecular weight excluding hydrogens is 301 g/mol. The van der Waals surface area contributed by atoms with Crippen LogP contribution < -0.4 is 0 Å². The fourth-order valence-electron chi connectivity index (χ4n) is 1.58. The van der Waals surface area contributed by atoms with Crippen molar-refractivity contribution in [2.24, 2.45) is 0 Å². The SMILES string of the molecule is CCCCO[Si](OCCCC)(OCCCC)C(F)(F)CF. The monoisotopic (exact) mass is 330 g/mol. The maximum Gasteiger partial charge on any atom is 0.577 e. The van der Waals surface area contributed by atoms with E-state index in [1.165, 1.54) is 0 Å². The first kappa shape index (κ1) is 20.9. The Hall–Kier alpha value is -0.113. The molecule has 0 aliphatic rings. The second kappa shape index (κ2) is 11.5. The van der Waals surface area contributed by atoms with E-state index < -0.39 is 21.0 Å². The van der Waals surface area contributed by atoms with Gasteiger partial charge < -0.3 is 13.3 Å². The summed E-state index contributed by atoms with van der Waals surface area (Å²) < 4.78 is 56.9. The lowest BCUT2D eigenvalue weighted by Crippen LogP contribution is -2.62. The highest BCUT2D eigenvalue weighted by atomic mass is 28.4. The molecule has 21 heavy (non-hydrogen) atoms. The summed E-state index contributed by atoms with van der Waals surface area (Å²) in [6.45, 7) is 4.29. The van der Waals surface area contributed by atoms with Crippen LogP contribution in [0.15, 0.2) is 0 Å². The molecule has 7 heteroatoms. The second-order valence-corrected chi connectivity index (χ2v) is 7.71. The van der Waals surface area contributed by atoms with Gasteiger partial charge in [0.25, 0.3) is 0 Å². The van der Waals surface area contributed by atoms with Gasteiger partial charge in [-0.2, -0.15) is 8.78 Å². The third-order valence-electron chi connectivity index (χ3n) is 2.99. The van der Waals surface area contributed by atoms with E-state index in [0.29, 0.717) is 19.3 Å².